The molecule has 4 rings (SSSR count). The topological polar surface area (TPSA) is 56.5 Å². The molecule has 0 N–H and O–H groups in total. The van der Waals surface area contributed by atoms with Crippen molar-refractivity contribution in [3.8, 4) is 16.9 Å². The Morgan fingerprint density at radius 3 is 2.48 bits per heavy atom. The number of rotatable bonds is 3. The third-order valence-corrected chi connectivity index (χ3v) is 5.79. The number of carbonyl (C=O) groups is 1. The van der Waals surface area contributed by atoms with E-state index in [0.29, 0.717) is 4.70 Å². The molecule has 0 fully saturated rings. The predicted octanol–water partition coefficient (Wildman–Crippen LogP) is 7.07. The quantitative estimate of drug-likeness (QED) is 0.230. The average Bonchev–Trinajstić information content (AvgIpc) is 3.09. The van der Waals surface area contributed by atoms with Crippen molar-refractivity contribution >= 4 is 50.8 Å². The van der Waals surface area contributed by atoms with Gasteiger partial charge in [0.15, 0.2) is 5.58 Å². The average molecular weight is 485 g/mol. The maximum atomic E-state index is 13.1. The van der Waals surface area contributed by atoms with Crippen LogP contribution >= 0.6 is 34.5 Å². The van der Waals surface area contributed by atoms with E-state index >= 15 is 0 Å². The zero-order chi connectivity index (χ0) is 22.3. The standard InChI is InChI=1S/C21H9Cl2F3O4S/c22-15-5-4-11(7-16(15)23)19(27)29-13-8-14(18-17(9-13)31-20(28)30-18)10-2-1-3-12(6-10)21(24,25)26/h1-9H. The van der Waals surface area contributed by atoms with Gasteiger partial charge in [-0.25, -0.2) is 9.59 Å². The van der Waals surface area contributed by atoms with Gasteiger partial charge in [0.1, 0.15) is 5.75 Å². The lowest BCUT2D eigenvalue weighted by molar-refractivity contribution is -0.137. The van der Waals surface area contributed by atoms with E-state index in [1.165, 1.54) is 42.5 Å². The molecular formula is C21H9Cl2F3O4S. The Labute approximate surface area is 186 Å². The second-order valence-electron chi connectivity index (χ2n) is 6.35. The lowest BCUT2D eigenvalue weighted by atomic mass is 10.0. The zero-order valence-electron chi connectivity index (χ0n) is 15.1. The number of esters is 1. The molecular weight excluding hydrogens is 476 g/mol. The van der Waals surface area contributed by atoms with Crippen LogP contribution in [0.15, 0.2) is 63.8 Å². The molecule has 0 aliphatic rings. The van der Waals surface area contributed by atoms with Gasteiger partial charge in [0.25, 0.3) is 0 Å². The number of fused-ring (bicyclic) bond motifs is 1. The van der Waals surface area contributed by atoms with Gasteiger partial charge in [-0.2, -0.15) is 13.2 Å². The van der Waals surface area contributed by atoms with Crippen LogP contribution in [-0.2, 0) is 6.18 Å². The molecule has 0 saturated carbocycles. The Kier molecular flexibility index (Phi) is 5.55. The normalized spacial score (nSPS) is 11.6. The van der Waals surface area contributed by atoms with Crippen LogP contribution in [0, 0.1) is 0 Å². The first kappa shape index (κ1) is 21.4. The second kappa shape index (κ2) is 8.03. The number of ether oxygens (including phenoxy) is 1. The molecule has 31 heavy (non-hydrogen) atoms. The summed E-state index contributed by atoms with van der Waals surface area (Å²) in [6.45, 7) is 0. The van der Waals surface area contributed by atoms with E-state index in [2.05, 4.69) is 0 Å². The summed E-state index contributed by atoms with van der Waals surface area (Å²) in [4.78, 5) is 23.6. The van der Waals surface area contributed by atoms with Gasteiger partial charge in [0.05, 0.1) is 25.9 Å². The molecule has 0 amide bonds. The van der Waals surface area contributed by atoms with Crippen molar-refractivity contribution in [3.63, 3.8) is 0 Å². The van der Waals surface area contributed by atoms with E-state index in [0.717, 1.165) is 23.5 Å². The first-order valence-electron chi connectivity index (χ1n) is 8.54. The minimum absolute atomic E-state index is 0.0213. The molecule has 0 aliphatic heterocycles. The van der Waals surface area contributed by atoms with Gasteiger partial charge in [-0.1, -0.05) is 46.7 Å². The Morgan fingerprint density at radius 2 is 1.77 bits per heavy atom. The summed E-state index contributed by atoms with van der Waals surface area (Å²) < 4.78 is 50.3. The van der Waals surface area contributed by atoms with E-state index in [9.17, 15) is 22.8 Å². The third-order valence-electron chi connectivity index (χ3n) is 4.27. The summed E-state index contributed by atoms with van der Waals surface area (Å²) in [5, 5.41) is 0.416. The molecule has 0 atom stereocenters. The van der Waals surface area contributed by atoms with Crippen molar-refractivity contribution in [2.75, 3.05) is 0 Å². The summed E-state index contributed by atoms with van der Waals surface area (Å²) >= 11 is 12.5. The summed E-state index contributed by atoms with van der Waals surface area (Å²) in [5.74, 6) is -0.739. The highest BCUT2D eigenvalue weighted by Crippen LogP contribution is 2.37. The monoisotopic (exact) mass is 484 g/mol. The number of alkyl halides is 3. The predicted molar refractivity (Wildman–Crippen MR) is 112 cm³/mol. The van der Waals surface area contributed by atoms with Crippen molar-refractivity contribution < 1.29 is 27.1 Å². The summed E-state index contributed by atoms with van der Waals surface area (Å²) in [6, 6.07) is 11.4. The van der Waals surface area contributed by atoms with Crippen molar-refractivity contribution in [2.24, 2.45) is 0 Å². The second-order valence-corrected chi connectivity index (χ2v) is 8.14. The first-order valence-corrected chi connectivity index (χ1v) is 10.1. The van der Waals surface area contributed by atoms with Crippen molar-refractivity contribution in [3.05, 3.63) is 85.5 Å². The van der Waals surface area contributed by atoms with E-state index in [1.807, 2.05) is 0 Å². The summed E-state index contributed by atoms with van der Waals surface area (Å²) in [5.41, 5.74) is -0.319. The smallest absolute Gasteiger partial charge is 0.416 e. The SMILES string of the molecule is O=C(Oc1cc(-c2cccc(C(F)(F)F)c2)c2oc(=O)sc2c1)c1ccc(Cl)c(Cl)c1. The number of carbonyl (C=O) groups excluding carboxylic acids is 1. The van der Waals surface area contributed by atoms with Crippen molar-refractivity contribution in [1.82, 2.24) is 0 Å². The van der Waals surface area contributed by atoms with E-state index in [-0.39, 0.29) is 38.1 Å². The molecule has 1 heterocycles. The maximum absolute atomic E-state index is 13.1. The zero-order valence-corrected chi connectivity index (χ0v) is 17.5. The van der Waals surface area contributed by atoms with Crippen molar-refractivity contribution in [1.29, 1.82) is 0 Å². The molecule has 0 aliphatic carbocycles. The fourth-order valence-electron chi connectivity index (χ4n) is 2.88. The van der Waals surface area contributed by atoms with Crippen LogP contribution in [0.2, 0.25) is 10.0 Å². The van der Waals surface area contributed by atoms with Gasteiger partial charge in [0.2, 0.25) is 0 Å². The highest BCUT2D eigenvalue weighted by atomic mass is 35.5. The van der Waals surface area contributed by atoms with Crippen molar-refractivity contribution in [2.45, 2.75) is 6.18 Å². The Hall–Kier alpha value is -2.81. The molecule has 4 nitrogen and oxygen atoms in total. The van der Waals surface area contributed by atoms with Gasteiger partial charge >= 0.3 is 17.1 Å². The lowest BCUT2D eigenvalue weighted by Gasteiger charge is -2.11. The molecule has 0 spiro atoms. The number of hydrogen-bond acceptors (Lipinski definition) is 5. The van der Waals surface area contributed by atoms with E-state index in [4.69, 9.17) is 32.4 Å². The van der Waals surface area contributed by atoms with Crippen LogP contribution < -0.4 is 9.68 Å². The molecule has 0 saturated heterocycles. The number of halogens is 5. The summed E-state index contributed by atoms with van der Waals surface area (Å²) in [7, 11) is 0. The molecule has 4 aromatic rings. The molecule has 1 aromatic heterocycles. The van der Waals surface area contributed by atoms with E-state index < -0.39 is 22.6 Å². The van der Waals surface area contributed by atoms with Gasteiger partial charge in [-0.3, -0.25) is 0 Å². The molecule has 0 bridgehead atoms. The Morgan fingerprint density at radius 1 is 1.00 bits per heavy atom. The molecule has 3 aromatic carbocycles. The first-order chi connectivity index (χ1) is 14.6. The fourth-order valence-corrected chi connectivity index (χ4v) is 3.90. The highest BCUT2D eigenvalue weighted by Gasteiger charge is 2.30. The van der Waals surface area contributed by atoms with Crippen LogP contribution in [0.5, 0.6) is 5.75 Å². The van der Waals surface area contributed by atoms with Crippen LogP contribution in [-0.4, -0.2) is 5.97 Å². The van der Waals surface area contributed by atoms with Gasteiger partial charge in [-0.15, -0.1) is 0 Å². The molecule has 0 radical (unpaired) electrons. The number of benzene rings is 3. The van der Waals surface area contributed by atoms with Crippen LogP contribution in [0.4, 0.5) is 13.2 Å². The molecule has 10 heteroatoms. The largest absolute Gasteiger partial charge is 0.423 e. The van der Waals surface area contributed by atoms with Gasteiger partial charge in [0, 0.05) is 11.6 Å². The van der Waals surface area contributed by atoms with Gasteiger partial charge < -0.3 is 9.15 Å². The molecule has 158 valence electrons. The third kappa shape index (κ3) is 4.46. The number of hydrogen-bond donors (Lipinski definition) is 0. The summed E-state index contributed by atoms with van der Waals surface area (Å²) in [6.07, 6.45) is -4.55. The fraction of sp³-hybridized carbons (Fsp3) is 0.0476. The van der Waals surface area contributed by atoms with Crippen LogP contribution in [0.3, 0.4) is 0 Å². The highest BCUT2D eigenvalue weighted by molar-refractivity contribution is 7.16. The maximum Gasteiger partial charge on any atom is 0.416 e. The minimum Gasteiger partial charge on any atom is -0.423 e. The van der Waals surface area contributed by atoms with Crippen LogP contribution in [0.25, 0.3) is 21.4 Å². The Balaban J connectivity index is 1.79. The Bertz CT molecular complexity index is 1380. The molecule has 0 unspecified atom stereocenters. The van der Waals surface area contributed by atoms with Gasteiger partial charge in [-0.05, 0) is 42.0 Å². The minimum atomic E-state index is -4.55. The lowest BCUT2D eigenvalue weighted by Crippen LogP contribution is -2.08. The van der Waals surface area contributed by atoms with Crippen LogP contribution in [0.1, 0.15) is 15.9 Å². The van der Waals surface area contributed by atoms with E-state index in [1.54, 1.807) is 0 Å².